The first-order valence-electron chi connectivity index (χ1n) is 8.04. The van der Waals surface area contributed by atoms with Crippen LogP contribution in [0.25, 0.3) is 11.5 Å². The number of hydrogen-bond donors (Lipinski definition) is 2. The topological polar surface area (TPSA) is 106 Å². The number of nitrogens with zero attached hydrogens (tertiary/aromatic N) is 2. The average molecular weight is 406 g/mol. The standard InChI is InChI=1S/C18H13F3N4O4/c1-28-13-7-5-10(6-8-13)15-24-25-17(29-15)23-14(26)11-3-2-4-12(9-11)22-16(27)18(19,20)21/h2-9H,1H3,(H,22,27)(H,23,25,26). The van der Waals surface area contributed by atoms with Crippen molar-refractivity contribution in [1.29, 1.82) is 0 Å². The molecule has 0 unspecified atom stereocenters. The van der Waals surface area contributed by atoms with Crippen LogP contribution in [0.1, 0.15) is 10.4 Å². The molecule has 1 aromatic heterocycles. The Balaban J connectivity index is 1.70. The summed E-state index contributed by atoms with van der Waals surface area (Å²) in [5.41, 5.74) is 0.384. The molecule has 3 rings (SSSR count). The number of methoxy groups -OCH3 is 1. The van der Waals surface area contributed by atoms with Crippen molar-refractivity contribution in [3.05, 3.63) is 54.1 Å². The van der Waals surface area contributed by atoms with Gasteiger partial charge in [0.25, 0.3) is 5.91 Å². The minimum atomic E-state index is -5.04. The van der Waals surface area contributed by atoms with Crippen molar-refractivity contribution in [3.8, 4) is 17.2 Å². The van der Waals surface area contributed by atoms with Crippen molar-refractivity contribution in [3.63, 3.8) is 0 Å². The van der Waals surface area contributed by atoms with E-state index in [9.17, 15) is 22.8 Å². The molecule has 1 heterocycles. The summed E-state index contributed by atoms with van der Waals surface area (Å²) in [5.74, 6) is -2.07. The van der Waals surface area contributed by atoms with Gasteiger partial charge in [-0.25, -0.2) is 0 Å². The van der Waals surface area contributed by atoms with Crippen molar-refractivity contribution in [2.45, 2.75) is 6.18 Å². The highest BCUT2D eigenvalue weighted by Crippen LogP contribution is 2.23. The first-order valence-corrected chi connectivity index (χ1v) is 8.04. The summed E-state index contributed by atoms with van der Waals surface area (Å²) in [5, 5.41) is 11.5. The SMILES string of the molecule is COc1ccc(-c2nnc(NC(=O)c3cccc(NC(=O)C(F)(F)F)c3)o2)cc1. The lowest BCUT2D eigenvalue weighted by molar-refractivity contribution is -0.167. The van der Waals surface area contributed by atoms with Gasteiger partial charge in [0.05, 0.1) is 7.11 Å². The number of nitrogens with one attached hydrogen (secondary N) is 2. The Hall–Kier alpha value is -3.89. The van der Waals surface area contributed by atoms with E-state index in [2.05, 4.69) is 15.5 Å². The Bertz CT molecular complexity index is 1030. The van der Waals surface area contributed by atoms with E-state index in [-0.39, 0.29) is 23.2 Å². The van der Waals surface area contributed by atoms with Crippen LogP contribution in [-0.2, 0) is 4.79 Å². The van der Waals surface area contributed by atoms with E-state index in [0.717, 1.165) is 6.07 Å². The van der Waals surface area contributed by atoms with E-state index >= 15 is 0 Å². The zero-order valence-electron chi connectivity index (χ0n) is 14.8. The first-order chi connectivity index (χ1) is 13.8. The Labute approximate surface area is 161 Å². The van der Waals surface area contributed by atoms with Gasteiger partial charge in [0.15, 0.2) is 0 Å². The number of carbonyl (C=O) groups is 2. The van der Waals surface area contributed by atoms with E-state index < -0.39 is 18.0 Å². The summed E-state index contributed by atoms with van der Waals surface area (Å²) in [6.07, 6.45) is -5.04. The van der Waals surface area contributed by atoms with Crippen LogP contribution in [-0.4, -0.2) is 35.3 Å². The molecule has 2 amide bonds. The molecule has 0 bridgehead atoms. The molecule has 3 aromatic rings. The second-order valence-corrected chi connectivity index (χ2v) is 5.63. The van der Waals surface area contributed by atoms with Gasteiger partial charge < -0.3 is 14.5 Å². The lowest BCUT2D eigenvalue weighted by Crippen LogP contribution is -2.30. The zero-order chi connectivity index (χ0) is 21.0. The van der Waals surface area contributed by atoms with Crippen molar-refractivity contribution in [2.75, 3.05) is 17.7 Å². The molecule has 0 aliphatic carbocycles. The molecule has 0 atom stereocenters. The van der Waals surface area contributed by atoms with E-state index in [1.165, 1.54) is 25.3 Å². The largest absolute Gasteiger partial charge is 0.497 e. The highest BCUT2D eigenvalue weighted by Gasteiger charge is 2.38. The normalized spacial score (nSPS) is 11.0. The molecule has 0 aliphatic rings. The predicted octanol–water partition coefficient (Wildman–Crippen LogP) is 3.50. The molecule has 0 radical (unpaired) electrons. The number of amides is 2. The van der Waals surface area contributed by atoms with E-state index in [0.29, 0.717) is 11.3 Å². The third-order valence-corrected chi connectivity index (χ3v) is 3.62. The van der Waals surface area contributed by atoms with E-state index in [1.54, 1.807) is 29.6 Å². The average Bonchev–Trinajstić information content (AvgIpc) is 3.16. The summed E-state index contributed by atoms with van der Waals surface area (Å²) in [6, 6.07) is 11.5. The fraction of sp³-hybridized carbons (Fsp3) is 0.111. The third-order valence-electron chi connectivity index (χ3n) is 3.62. The first kappa shape index (κ1) is 19.9. The maximum atomic E-state index is 12.3. The van der Waals surface area contributed by atoms with Crippen LogP contribution >= 0.6 is 0 Å². The van der Waals surface area contributed by atoms with Gasteiger partial charge in [-0.3, -0.25) is 14.9 Å². The van der Waals surface area contributed by atoms with Crippen LogP contribution in [0, 0.1) is 0 Å². The van der Waals surface area contributed by atoms with E-state index in [4.69, 9.17) is 9.15 Å². The van der Waals surface area contributed by atoms with Crippen molar-refractivity contribution >= 4 is 23.5 Å². The summed E-state index contributed by atoms with van der Waals surface area (Å²) >= 11 is 0. The number of carbonyl (C=O) groups excluding carboxylic acids is 2. The van der Waals surface area contributed by atoms with Gasteiger partial charge in [0, 0.05) is 16.8 Å². The molecule has 8 nitrogen and oxygen atoms in total. The number of hydrogen-bond acceptors (Lipinski definition) is 6. The number of rotatable bonds is 5. The van der Waals surface area contributed by atoms with Crippen LogP contribution in [0.2, 0.25) is 0 Å². The minimum Gasteiger partial charge on any atom is -0.497 e. The van der Waals surface area contributed by atoms with Gasteiger partial charge in [-0.15, -0.1) is 5.10 Å². The molecule has 0 aliphatic heterocycles. The molecule has 150 valence electrons. The Morgan fingerprint density at radius 1 is 1.03 bits per heavy atom. The van der Waals surface area contributed by atoms with Gasteiger partial charge in [-0.1, -0.05) is 11.2 Å². The molecule has 2 aromatic carbocycles. The van der Waals surface area contributed by atoms with E-state index in [1.807, 2.05) is 0 Å². The molecule has 0 spiro atoms. The monoisotopic (exact) mass is 406 g/mol. The summed E-state index contributed by atoms with van der Waals surface area (Å²) in [7, 11) is 1.53. The second kappa shape index (κ2) is 8.00. The number of ether oxygens (including phenoxy) is 1. The fourth-order valence-corrected chi connectivity index (χ4v) is 2.23. The quantitative estimate of drug-likeness (QED) is 0.672. The Kier molecular flexibility index (Phi) is 5.48. The van der Waals surface area contributed by atoms with Crippen molar-refractivity contribution < 1.29 is 31.9 Å². The third kappa shape index (κ3) is 4.89. The number of benzene rings is 2. The predicted molar refractivity (Wildman–Crippen MR) is 95.4 cm³/mol. The maximum absolute atomic E-state index is 12.3. The molecule has 29 heavy (non-hydrogen) atoms. The van der Waals surface area contributed by atoms with Gasteiger partial charge in [-0.05, 0) is 42.5 Å². The lowest BCUT2D eigenvalue weighted by atomic mass is 10.2. The summed E-state index contributed by atoms with van der Waals surface area (Å²) in [6.45, 7) is 0. The Morgan fingerprint density at radius 3 is 2.41 bits per heavy atom. The lowest BCUT2D eigenvalue weighted by Gasteiger charge is -2.09. The Morgan fingerprint density at radius 2 is 1.76 bits per heavy atom. The van der Waals surface area contributed by atoms with Gasteiger partial charge >= 0.3 is 18.1 Å². The molecule has 2 N–H and O–H groups in total. The number of alkyl halides is 3. The smallest absolute Gasteiger partial charge is 0.471 e. The van der Waals surface area contributed by atoms with Gasteiger partial charge in [0.1, 0.15) is 5.75 Å². The number of anilines is 2. The van der Waals surface area contributed by atoms with Crippen LogP contribution in [0.4, 0.5) is 24.9 Å². The fourth-order valence-electron chi connectivity index (χ4n) is 2.23. The summed E-state index contributed by atoms with van der Waals surface area (Å²) < 4.78 is 47.4. The van der Waals surface area contributed by atoms with Gasteiger partial charge in [0.2, 0.25) is 5.89 Å². The second-order valence-electron chi connectivity index (χ2n) is 5.63. The minimum absolute atomic E-state index is 0.0193. The molecule has 0 saturated heterocycles. The van der Waals surface area contributed by atoms with Crippen molar-refractivity contribution in [1.82, 2.24) is 10.2 Å². The van der Waals surface area contributed by atoms with Crippen LogP contribution in [0.15, 0.2) is 52.9 Å². The highest BCUT2D eigenvalue weighted by atomic mass is 19.4. The van der Waals surface area contributed by atoms with Crippen molar-refractivity contribution in [2.24, 2.45) is 0 Å². The molecular formula is C18H13F3N4O4. The van der Waals surface area contributed by atoms with Crippen LogP contribution in [0.5, 0.6) is 5.75 Å². The molecular weight excluding hydrogens is 393 g/mol. The number of halogens is 3. The highest BCUT2D eigenvalue weighted by molar-refractivity contribution is 6.04. The van der Waals surface area contributed by atoms with Crippen LogP contribution in [0.3, 0.4) is 0 Å². The van der Waals surface area contributed by atoms with Crippen LogP contribution < -0.4 is 15.4 Å². The van der Waals surface area contributed by atoms with Gasteiger partial charge in [-0.2, -0.15) is 13.2 Å². The molecule has 0 saturated carbocycles. The molecule has 11 heteroatoms. The zero-order valence-corrected chi connectivity index (χ0v) is 14.8. The maximum Gasteiger partial charge on any atom is 0.471 e. The number of aromatic nitrogens is 2. The summed E-state index contributed by atoms with van der Waals surface area (Å²) in [4.78, 5) is 23.3. The molecule has 0 fully saturated rings.